The fourth-order valence-corrected chi connectivity index (χ4v) is 3.45. The molecular formula is C15H23NS. The van der Waals surface area contributed by atoms with E-state index in [0.717, 1.165) is 5.75 Å². The van der Waals surface area contributed by atoms with Crippen LogP contribution in [0.15, 0.2) is 18.2 Å². The van der Waals surface area contributed by atoms with Crippen molar-refractivity contribution in [2.75, 3.05) is 5.75 Å². The van der Waals surface area contributed by atoms with Gasteiger partial charge in [-0.05, 0) is 33.8 Å². The van der Waals surface area contributed by atoms with Crippen LogP contribution in [0.1, 0.15) is 50.4 Å². The molecule has 2 unspecified atom stereocenters. The first-order chi connectivity index (χ1) is 7.89. The van der Waals surface area contributed by atoms with E-state index in [9.17, 15) is 0 Å². The summed E-state index contributed by atoms with van der Waals surface area (Å²) in [5.74, 6) is 2.84. The van der Waals surface area contributed by atoms with E-state index in [2.05, 4.69) is 45.9 Å². The zero-order chi connectivity index (χ0) is 12.6. The third-order valence-electron chi connectivity index (χ3n) is 3.62. The number of fused-ring (bicyclic) bond motifs is 1. The first-order valence-corrected chi connectivity index (χ1v) is 7.51. The van der Waals surface area contributed by atoms with E-state index in [0.29, 0.717) is 5.92 Å². The van der Waals surface area contributed by atoms with Gasteiger partial charge >= 0.3 is 0 Å². The normalized spacial score (nSPS) is 25.2. The summed E-state index contributed by atoms with van der Waals surface area (Å²) < 4.78 is 0. The summed E-state index contributed by atoms with van der Waals surface area (Å²) in [6.07, 6.45) is 0. The lowest BCUT2D eigenvalue weighted by Gasteiger charge is -2.24. The third kappa shape index (κ3) is 2.69. The fraction of sp³-hybridized carbons (Fsp3) is 0.600. The van der Waals surface area contributed by atoms with Crippen LogP contribution in [0.4, 0.5) is 0 Å². The monoisotopic (exact) mass is 249 g/mol. The van der Waals surface area contributed by atoms with Crippen molar-refractivity contribution >= 4 is 11.8 Å². The molecule has 0 amide bonds. The topological polar surface area (TPSA) is 26.0 Å². The molecule has 1 aliphatic rings. The first kappa shape index (κ1) is 13.0. The van der Waals surface area contributed by atoms with Crippen LogP contribution < -0.4 is 5.73 Å². The molecule has 2 heteroatoms. The molecular weight excluding hydrogens is 226 g/mol. The zero-order valence-corrected chi connectivity index (χ0v) is 12.1. The number of hydrogen-bond acceptors (Lipinski definition) is 2. The van der Waals surface area contributed by atoms with Gasteiger partial charge in [0, 0.05) is 11.8 Å². The van der Waals surface area contributed by atoms with Crippen molar-refractivity contribution < 1.29 is 0 Å². The molecule has 1 aliphatic heterocycles. The Bertz CT molecular complexity index is 406. The maximum atomic E-state index is 6.39. The van der Waals surface area contributed by atoms with E-state index in [1.165, 1.54) is 22.4 Å². The molecule has 94 valence electrons. The van der Waals surface area contributed by atoms with Gasteiger partial charge in [0.2, 0.25) is 0 Å². The molecule has 17 heavy (non-hydrogen) atoms. The lowest BCUT2D eigenvalue weighted by atomic mass is 9.83. The predicted molar refractivity (Wildman–Crippen MR) is 77.4 cm³/mol. The van der Waals surface area contributed by atoms with Crippen LogP contribution in [0, 0.1) is 5.92 Å². The number of thioether (sulfide) groups is 1. The largest absolute Gasteiger partial charge is 0.324 e. The molecule has 2 atom stereocenters. The molecule has 0 spiro atoms. The van der Waals surface area contributed by atoms with Crippen molar-refractivity contribution in [2.45, 2.75) is 44.9 Å². The fourth-order valence-electron chi connectivity index (χ4n) is 2.27. The summed E-state index contributed by atoms with van der Waals surface area (Å²) in [7, 11) is 0. The van der Waals surface area contributed by atoms with Gasteiger partial charge in [0.05, 0.1) is 0 Å². The average molecular weight is 249 g/mol. The molecule has 0 saturated carbocycles. The Morgan fingerprint density at radius 2 is 2.00 bits per heavy atom. The number of hydrogen-bond donors (Lipinski definition) is 1. The number of benzene rings is 1. The molecule has 2 N–H and O–H groups in total. The van der Waals surface area contributed by atoms with Crippen molar-refractivity contribution in [2.24, 2.45) is 11.7 Å². The highest BCUT2D eigenvalue weighted by Crippen LogP contribution is 2.35. The lowest BCUT2D eigenvalue weighted by Crippen LogP contribution is -2.21. The van der Waals surface area contributed by atoms with Gasteiger partial charge in [-0.1, -0.05) is 45.9 Å². The van der Waals surface area contributed by atoms with Gasteiger partial charge < -0.3 is 5.73 Å². The van der Waals surface area contributed by atoms with Crippen LogP contribution in [0.5, 0.6) is 0 Å². The van der Waals surface area contributed by atoms with Crippen LogP contribution in [0.2, 0.25) is 0 Å². The van der Waals surface area contributed by atoms with Crippen molar-refractivity contribution in [3.05, 3.63) is 34.9 Å². The molecule has 0 radical (unpaired) electrons. The maximum absolute atomic E-state index is 6.39. The molecule has 1 nitrogen and oxygen atoms in total. The smallest absolute Gasteiger partial charge is 0.0331 e. The molecule has 0 bridgehead atoms. The van der Waals surface area contributed by atoms with Crippen molar-refractivity contribution in [1.29, 1.82) is 0 Å². The summed E-state index contributed by atoms with van der Waals surface area (Å²) >= 11 is 2.00. The molecule has 0 aromatic heterocycles. The molecule has 1 aromatic carbocycles. The molecule has 1 aromatic rings. The van der Waals surface area contributed by atoms with Crippen LogP contribution in [-0.4, -0.2) is 5.75 Å². The average Bonchev–Trinajstić information content (AvgIpc) is 2.39. The number of nitrogens with two attached hydrogens (primary N) is 1. The summed E-state index contributed by atoms with van der Waals surface area (Å²) in [5.41, 5.74) is 10.8. The minimum Gasteiger partial charge on any atom is -0.324 e. The Morgan fingerprint density at radius 3 is 2.65 bits per heavy atom. The lowest BCUT2D eigenvalue weighted by molar-refractivity contribution is 0.520. The molecule has 1 heterocycles. The van der Waals surface area contributed by atoms with Crippen molar-refractivity contribution in [1.82, 2.24) is 0 Å². The van der Waals surface area contributed by atoms with Gasteiger partial charge in [-0.15, -0.1) is 0 Å². The summed E-state index contributed by atoms with van der Waals surface area (Å²) in [6.45, 7) is 9.04. The predicted octanol–water partition coefficient (Wildman–Crippen LogP) is 3.87. The van der Waals surface area contributed by atoms with Gasteiger partial charge in [0.25, 0.3) is 0 Å². The minimum absolute atomic E-state index is 0.197. The molecule has 2 rings (SSSR count). The van der Waals surface area contributed by atoms with Gasteiger partial charge in [0.1, 0.15) is 0 Å². The Labute approximate surface area is 109 Å². The van der Waals surface area contributed by atoms with Crippen LogP contribution >= 0.6 is 11.8 Å². The van der Waals surface area contributed by atoms with E-state index in [-0.39, 0.29) is 11.5 Å². The third-order valence-corrected chi connectivity index (χ3v) is 4.90. The molecule has 0 saturated heterocycles. The summed E-state index contributed by atoms with van der Waals surface area (Å²) in [5, 5.41) is 0. The minimum atomic E-state index is 0.197. The van der Waals surface area contributed by atoms with Crippen LogP contribution in [0.25, 0.3) is 0 Å². The number of rotatable bonds is 0. The van der Waals surface area contributed by atoms with E-state index in [4.69, 9.17) is 5.73 Å². The van der Waals surface area contributed by atoms with E-state index < -0.39 is 0 Å². The Kier molecular flexibility index (Phi) is 3.55. The maximum Gasteiger partial charge on any atom is 0.0331 e. The Hall–Kier alpha value is -0.470. The summed E-state index contributed by atoms with van der Waals surface area (Å²) in [4.78, 5) is 0. The van der Waals surface area contributed by atoms with E-state index in [1.807, 2.05) is 11.8 Å². The van der Waals surface area contributed by atoms with Gasteiger partial charge in [0.15, 0.2) is 0 Å². The quantitative estimate of drug-likeness (QED) is 0.755. The standard InChI is InChI=1S/C15H23NS/c1-10-8-17-9-11-5-6-12(15(2,3)4)7-13(11)14(10)16/h5-7,10,14H,8-9,16H2,1-4H3. The second-order valence-electron chi connectivity index (χ2n) is 6.18. The molecule has 0 aliphatic carbocycles. The van der Waals surface area contributed by atoms with Gasteiger partial charge in [-0.25, -0.2) is 0 Å². The van der Waals surface area contributed by atoms with Gasteiger partial charge in [-0.3, -0.25) is 0 Å². The van der Waals surface area contributed by atoms with Crippen LogP contribution in [0.3, 0.4) is 0 Å². The van der Waals surface area contributed by atoms with Gasteiger partial charge in [-0.2, -0.15) is 11.8 Å². The Morgan fingerprint density at radius 1 is 1.29 bits per heavy atom. The second-order valence-corrected chi connectivity index (χ2v) is 7.21. The van der Waals surface area contributed by atoms with Crippen molar-refractivity contribution in [3.8, 4) is 0 Å². The SMILES string of the molecule is CC1CSCc2ccc(C(C)(C)C)cc2C1N. The molecule has 0 fully saturated rings. The first-order valence-electron chi connectivity index (χ1n) is 6.36. The van der Waals surface area contributed by atoms with E-state index in [1.54, 1.807) is 0 Å². The second kappa shape index (κ2) is 4.66. The van der Waals surface area contributed by atoms with Crippen molar-refractivity contribution in [3.63, 3.8) is 0 Å². The zero-order valence-electron chi connectivity index (χ0n) is 11.3. The highest BCUT2D eigenvalue weighted by atomic mass is 32.2. The van der Waals surface area contributed by atoms with E-state index >= 15 is 0 Å². The van der Waals surface area contributed by atoms with Crippen LogP contribution in [-0.2, 0) is 11.2 Å². The highest BCUT2D eigenvalue weighted by Gasteiger charge is 2.24. The Balaban J connectivity index is 2.46. The highest BCUT2D eigenvalue weighted by molar-refractivity contribution is 7.98. The summed E-state index contributed by atoms with van der Waals surface area (Å²) in [6, 6.07) is 7.08.